The molecule has 0 unspecified atom stereocenters. The number of hydrogen-bond acceptors (Lipinski definition) is 5. The zero-order valence-corrected chi connectivity index (χ0v) is 17.6. The Kier molecular flexibility index (Phi) is 6.32. The zero-order valence-electron chi connectivity index (χ0n) is 15.5. The number of anilines is 1. The second-order valence-corrected chi connectivity index (χ2v) is 7.09. The number of carbonyl (C=O) groups excluding carboxylic acids is 3. The maximum absolute atomic E-state index is 12.9. The van der Waals surface area contributed by atoms with Gasteiger partial charge in [0.25, 0.3) is 11.8 Å². The number of ether oxygens (including phenoxy) is 2. The maximum Gasteiger partial charge on any atom is 0.335 e. The van der Waals surface area contributed by atoms with E-state index in [0.717, 1.165) is 8.47 Å². The van der Waals surface area contributed by atoms with Gasteiger partial charge in [0.15, 0.2) is 11.5 Å². The van der Waals surface area contributed by atoms with Crippen molar-refractivity contribution in [2.45, 2.75) is 0 Å². The molecule has 8 heteroatoms. The van der Waals surface area contributed by atoms with Crippen LogP contribution in [0.25, 0.3) is 6.08 Å². The van der Waals surface area contributed by atoms with Crippen molar-refractivity contribution in [3.05, 3.63) is 69.8 Å². The van der Waals surface area contributed by atoms with Gasteiger partial charge in [-0.25, -0.2) is 9.69 Å². The molecule has 0 saturated carbocycles. The standard InChI is InChI=1S/C21H17IN2O5/c1-3-9-29-18-16(22)11-13(12-17(18)28-2)10-15-19(25)23-21(27)24(20(15)26)14-7-5-4-6-8-14/h3-8,10-12H,1,9H2,2H3,(H,23,25,27)/b15-10-. The van der Waals surface area contributed by atoms with Crippen LogP contribution in [0.15, 0.2) is 60.7 Å². The molecule has 7 nitrogen and oxygen atoms in total. The van der Waals surface area contributed by atoms with Gasteiger partial charge >= 0.3 is 6.03 Å². The molecule has 2 aromatic rings. The van der Waals surface area contributed by atoms with Crippen LogP contribution >= 0.6 is 22.6 Å². The lowest BCUT2D eigenvalue weighted by Gasteiger charge is -2.26. The van der Waals surface area contributed by atoms with Crippen LogP contribution in [-0.2, 0) is 9.59 Å². The number of nitrogens with one attached hydrogen (secondary N) is 1. The van der Waals surface area contributed by atoms with Gasteiger partial charge in [0.2, 0.25) is 0 Å². The van der Waals surface area contributed by atoms with Crippen LogP contribution < -0.4 is 19.7 Å². The molecule has 0 aliphatic carbocycles. The van der Waals surface area contributed by atoms with Gasteiger partial charge in [0.1, 0.15) is 12.2 Å². The van der Waals surface area contributed by atoms with E-state index in [1.165, 1.54) is 13.2 Å². The summed E-state index contributed by atoms with van der Waals surface area (Å²) in [5, 5.41) is 2.20. The smallest absolute Gasteiger partial charge is 0.335 e. The summed E-state index contributed by atoms with van der Waals surface area (Å²) in [6, 6.07) is 11.0. The van der Waals surface area contributed by atoms with E-state index in [-0.39, 0.29) is 5.57 Å². The first-order valence-electron chi connectivity index (χ1n) is 8.54. The Morgan fingerprint density at radius 2 is 1.90 bits per heavy atom. The highest BCUT2D eigenvalue weighted by molar-refractivity contribution is 14.1. The summed E-state index contributed by atoms with van der Waals surface area (Å²) in [5.41, 5.74) is 0.762. The molecule has 1 heterocycles. The highest BCUT2D eigenvalue weighted by Crippen LogP contribution is 2.35. The number of amides is 4. The lowest BCUT2D eigenvalue weighted by Crippen LogP contribution is -2.54. The Morgan fingerprint density at radius 3 is 2.55 bits per heavy atom. The fourth-order valence-electron chi connectivity index (χ4n) is 2.74. The van der Waals surface area contributed by atoms with Gasteiger partial charge in [-0.2, -0.15) is 0 Å². The molecule has 1 aliphatic rings. The lowest BCUT2D eigenvalue weighted by atomic mass is 10.1. The number of para-hydroxylation sites is 1. The average Bonchev–Trinajstić information content (AvgIpc) is 2.70. The first-order valence-corrected chi connectivity index (χ1v) is 9.62. The molecule has 3 rings (SSSR count). The molecule has 29 heavy (non-hydrogen) atoms. The summed E-state index contributed by atoms with van der Waals surface area (Å²) >= 11 is 2.08. The summed E-state index contributed by atoms with van der Waals surface area (Å²) in [5.74, 6) is -0.472. The molecule has 0 bridgehead atoms. The second-order valence-electron chi connectivity index (χ2n) is 5.93. The fourth-order valence-corrected chi connectivity index (χ4v) is 3.52. The number of nitrogens with zero attached hydrogens (tertiary/aromatic N) is 1. The number of halogens is 1. The van der Waals surface area contributed by atoms with Crippen molar-refractivity contribution < 1.29 is 23.9 Å². The number of rotatable bonds is 6. The van der Waals surface area contributed by atoms with Crippen molar-refractivity contribution in [1.82, 2.24) is 5.32 Å². The van der Waals surface area contributed by atoms with Gasteiger partial charge in [-0.3, -0.25) is 14.9 Å². The van der Waals surface area contributed by atoms with E-state index >= 15 is 0 Å². The molecule has 1 aliphatic heterocycles. The molecule has 1 saturated heterocycles. The number of imide groups is 2. The predicted octanol–water partition coefficient (Wildman–Crippen LogP) is 3.53. The van der Waals surface area contributed by atoms with Gasteiger partial charge in [-0.15, -0.1) is 0 Å². The predicted molar refractivity (Wildman–Crippen MR) is 117 cm³/mol. The molecule has 148 valence electrons. The lowest BCUT2D eigenvalue weighted by molar-refractivity contribution is -0.122. The minimum absolute atomic E-state index is 0.161. The Bertz CT molecular complexity index is 1020. The van der Waals surface area contributed by atoms with E-state index in [1.807, 2.05) is 0 Å². The Morgan fingerprint density at radius 1 is 1.17 bits per heavy atom. The van der Waals surface area contributed by atoms with Crippen LogP contribution in [0.3, 0.4) is 0 Å². The Balaban J connectivity index is 2.01. The van der Waals surface area contributed by atoms with Crippen molar-refractivity contribution in [2.75, 3.05) is 18.6 Å². The molecule has 2 aromatic carbocycles. The summed E-state index contributed by atoms with van der Waals surface area (Å²) in [7, 11) is 1.50. The molecule has 1 N–H and O–H groups in total. The highest BCUT2D eigenvalue weighted by Gasteiger charge is 2.36. The minimum atomic E-state index is -0.788. The SMILES string of the molecule is C=CCOc1c(I)cc(/C=C2/C(=O)NC(=O)N(c3ccccc3)C2=O)cc1OC. The number of methoxy groups -OCH3 is 1. The largest absolute Gasteiger partial charge is 0.493 e. The van der Waals surface area contributed by atoms with Gasteiger partial charge in [0.05, 0.1) is 16.4 Å². The van der Waals surface area contributed by atoms with Crippen LogP contribution in [0, 0.1) is 3.57 Å². The summed E-state index contributed by atoms with van der Waals surface area (Å²) in [6.45, 7) is 3.93. The topological polar surface area (TPSA) is 84.9 Å². The van der Waals surface area contributed by atoms with Crippen molar-refractivity contribution in [3.8, 4) is 11.5 Å². The number of benzene rings is 2. The van der Waals surface area contributed by atoms with Gasteiger partial charge in [-0.05, 0) is 58.5 Å². The Hall–Kier alpha value is -3.14. The molecule has 1 fully saturated rings. The van der Waals surface area contributed by atoms with Crippen molar-refractivity contribution in [1.29, 1.82) is 0 Å². The van der Waals surface area contributed by atoms with Gasteiger partial charge in [-0.1, -0.05) is 30.9 Å². The number of urea groups is 1. The molecule has 0 spiro atoms. The van der Waals surface area contributed by atoms with Crippen molar-refractivity contribution in [3.63, 3.8) is 0 Å². The number of carbonyl (C=O) groups is 3. The normalized spacial score (nSPS) is 15.3. The van der Waals surface area contributed by atoms with Crippen LogP contribution in [0.2, 0.25) is 0 Å². The monoisotopic (exact) mass is 504 g/mol. The molecule has 0 aromatic heterocycles. The van der Waals surface area contributed by atoms with E-state index in [9.17, 15) is 14.4 Å². The van der Waals surface area contributed by atoms with E-state index in [0.29, 0.717) is 29.4 Å². The van der Waals surface area contributed by atoms with Crippen molar-refractivity contribution in [2.24, 2.45) is 0 Å². The second kappa shape index (κ2) is 8.91. The summed E-state index contributed by atoms with van der Waals surface area (Å²) < 4.78 is 11.7. The van der Waals surface area contributed by atoms with Crippen LogP contribution in [-0.4, -0.2) is 31.6 Å². The number of hydrogen-bond donors (Lipinski definition) is 1. The van der Waals surface area contributed by atoms with Crippen molar-refractivity contribution >= 4 is 52.2 Å². The average molecular weight is 504 g/mol. The van der Waals surface area contributed by atoms with Gasteiger partial charge < -0.3 is 9.47 Å². The van der Waals surface area contributed by atoms with E-state index in [2.05, 4.69) is 34.5 Å². The molecule has 0 atom stereocenters. The first kappa shape index (κ1) is 20.6. The third kappa shape index (κ3) is 4.32. The zero-order chi connectivity index (χ0) is 21.0. The van der Waals surface area contributed by atoms with Gasteiger partial charge in [0, 0.05) is 0 Å². The minimum Gasteiger partial charge on any atom is -0.493 e. The summed E-state index contributed by atoms with van der Waals surface area (Å²) in [6.07, 6.45) is 3.04. The highest BCUT2D eigenvalue weighted by atomic mass is 127. The Labute approximate surface area is 181 Å². The third-order valence-corrected chi connectivity index (χ3v) is 4.83. The molecular weight excluding hydrogens is 487 g/mol. The van der Waals surface area contributed by atoms with E-state index in [1.54, 1.807) is 48.5 Å². The van der Waals surface area contributed by atoms with Crippen LogP contribution in [0.4, 0.5) is 10.5 Å². The quantitative estimate of drug-likeness (QED) is 0.282. The first-order chi connectivity index (χ1) is 14.0. The molecular formula is C21H17IN2O5. The van der Waals surface area contributed by atoms with Crippen LogP contribution in [0.1, 0.15) is 5.56 Å². The van der Waals surface area contributed by atoms with Crippen LogP contribution in [0.5, 0.6) is 11.5 Å². The van der Waals surface area contributed by atoms with E-state index in [4.69, 9.17) is 9.47 Å². The number of barbiturate groups is 1. The molecule has 0 radical (unpaired) electrons. The third-order valence-electron chi connectivity index (χ3n) is 4.02. The molecule has 4 amide bonds. The maximum atomic E-state index is 12.9. The van der Waals surface area contributed by atoms with E-state index < -0.39 is 17.8 Å². The summed E-state index contributed by atoms with van der Waals surface area (Å²) in [4.78, 5) is 38.4. The fraction of sp³-hybridized carbons (Fsp3) is 0.0952.